The Balaban J connectivity index is 1.88. The molecule has 1 aliphatic heterocycles. The summed E-state index contributed by atoms with van der Waals surface area (Å²) in [5.74, 6) is 0.625. The standard InChI is InChI=1S/C17H21N3O3S/c1-3-20(14-9-10-24(22,23)11-14)17(21)15-12(2)18-16(19-15)13-7-5-4-6-8-13/h4-8,14H,3,9-11H2,1-2H3,(H,18,19)/t14-/m0/s1. The molecule has 1 atom stereocenters. The van der Waals surface area contributed by atoms with Crippen LogP contribution in [0.15, 0.2) is 30.3 Å². The van der Waals surface area contributed by atoms with E-state index in [1.54, 1.807) is 4.90 Å². The SMILES string of the molecule is CCN(C(=O)c1nc(-c2ccccc2)[nH]c1C)[C@H]1CCS(=O)(=O)C1. The topological polar surface area (TPSA) is 83.1 Å². The predicted molar refractivity (Wildman–Crippen MR) is 92.5 cm³/mol. The number of nitrogens with one attached hydrogen (secondary N) is 1. The molecule has 2 heterocycles. The molecule has 6 nitrogen and oxygen atoms in total. The van der Waals surface area contributed by atoms with Crippen LogP contribution in [0.25, 0.3) is 11.4 Å². The Morgan fingerprint density at radius 3 is 2.62 bits per heavy atom. The van der Waals surface area contributed by atoms with E-state index in [9.17, 15) is 13.2 Å². The molecular weight excluding hydrogens is 326 g/mol. The number of hydrogen-bond donors (Lipinski definition) is 1. The monoisotopic (exact) mass is 347 g/mol. The molecule has 24 heavy (non-hydrogen) atoms. The molecule has 1 aromatic heterocycles. The van der Waals surface area contributed by atoms with Crippen molar-refractivity contribution in [2.45, 2.75) is 26.3 Å². The lowest BCUT2D eigenvalue weighted by atomic mass is 10.2. The summed E-state index contributed by atoms with van der Waals surface area (Å²) in [6.07, 6.45) is 0.497. The molecule has 2 aromatic rings. The third-order valence-corrected chi connectivity index (χ3v) is 6.14. The largest absolute Gasteiger partial charge is 0.341 e. The molecule has 0 spiro atoms. The van der Waals surface area contributed by atoms with Gasteiger partial charge in [0.2, 0.25) is 0 Å². The van der Waals surface area contributed by atoms with E-state index in [1.807, 2.05) is 44.2 Å². The van der Waals surface area contributed by atoms with Gasteiger partial charge in [-0.25, -0.2) is 13.4 Å². The van der Waals surface area contributed by atoms with Crippen molar-refractivity contribution in [2.75, 3.05) is 18.1 Å². The van der Waals surface area contributed by atoms with E-state index < -0.39 is 9.84 Å². The van der Waals surface area contributed by atoms with Gasteiger partial charge in [0.05, 0.1) is 11.5 Å². The Morgan fingerprint density at radius 2 is 2.04 bits per heavy atom. The van der Waals surface area contributed by atoms with Crippen LogP contribution in [0.4, 0.5) is 0 Å². The first kappa shape index (κ1) is 16.7. The van der Waals surface area contributed by atoms with Gasteiger partial charge >= 0.3 is 0 Å². The molecule has 1 fully saturated rings. The molecule has 3 rings (SSSR count). The van der Waals surface area contributed by atoms with Crippen LogP contribution in [0.2, 0.25) is 0 Å². The van der Waals surface area contributed by atoms with Gasteiger partial charge < -0.3 is 9.88 Å². The van der Waals surface area contributed by atoms with E-state index >= 15 is 0 Å². The van der Waals surface area contributed by atoms with Gasteiger partial charge in [0, 0.05) is 23.8 Å². The van der Waals surface area contributed by atoms with Crippen LogP contribution in [0.1, 0.15) is 29.5 Å². The summed E-state index contributed by atoms with van der Waals surface area (Å²) in [4.78, 5) is 22.1. The maximum absolute atomic E-state index is 12.9. The lowest BCUT2D eigenvalue weighted by Crippen LogP contribution is -2.41. The summed E-state index contributed by atoms with van der Waals surface area (Å²) >= 11 is 0. The molecule has 0 saturated carbocycles. The van der Waals surface area contributed by atoms with Crippen molar-refractivity contribution in [3.63, 3.8) is 0 Å². The Kier molecular flexibility index (Phi) is 4.45. The smallest absolute Gasteiger partial charge is 0.274 e. The summed E-state index contributed by atoms with van der Waals surface area (Å²) in [5, 5.41) is 0. The van der Waals surface area contributed by atoms with Crippen molar-refractivity contribution < 1.29 is 13.2 Å². The minimum Gasteiger partial charge on any atom is -0.341 e. The number of H-pyrrole nitrogens is 1. The summed E-state index contributed by atoms with van der Waals surface area (Å²) in [6, 6.07) is 9.34. The number of imidazole rings is 1. The minimum atomic E-state index is -3.04. The maximum atomic E-state index is 12.9. The zero-order valence-electron chi connectivity index (χ0n) is 13.8. The Bertz CT molecular complexity index is 843. The molecule has 0 radical (unpaired) electrons. The molecule has 7 heteroatoms. The Labute approximate surface area is 141 Å². The van der Waals surface area contributed by atoms with E-state index in [0.29, 0.717) is 30.2 Å². The zero-order valence-corrected chi connectivity index (χ0v) is 14.6. The van der Waals surface area contributed by atoms with E-state index in [4.69, 9.17) is 0 Å². The van der Waals surface area contributed by atoms with Crippen molar-refractivity contribution in [3.8, 4) is 11.4 Å². The fourth-order valence-corrected chi connectivity index (χ4v) is 4.86. The van der Waals surface area contributed by atoms with Gasteiger partial charge in [-0.15, -0.1) is 0 Å². The molecule has 0 unspecified atom stereocenters. The second-order valence-electron chi connectivity index (χ2n) is 6.07. The number of aromatic nitrogens is 2. The number of carbonyl (C=O) groups is 1. The van der Waals surface area contributed by atoms with E-state index in [0.717, 1.165) is 5.56 Å². The molecule has 1 saturated heterocycles. The highest BCUT2D eigenvalue weighted by Gasteiger charge is 2.35. The number of rotatable bonds is 4. The summed E-state index contributed by atoms with van der Waals surface area (Å²) in [6.45, 7) is 4.14. The van der Waals surface area contributed by atoms with Crippen LogP contribution in [-0.2, 0) is 9.84 Å². The van der Waals surface area contributed by atoms with Crippen LogP contribution in [0, 0.1) is 6.92 Å². The predicted octanol–water partition coefficient (Wildman–Crippen LogP) is 2.03. The Hall–Kier alpha value is -2.15. The van der Waals surface area contributed by atoms with Crippen molar-refractivity contribution in [1.82, 2.24) is 14.9 Å². The van der Waals surface area contributed by atoms with Crippen LogP contribution in [0.5, 0.6) is 0 Å². The molecule has 0 bridgehead atoms. The van der Waals surface area contributed by atoms with Crippen LogP contribution >= 0.6 is 0 Å². The first-order valence-corrected chi connectivity index (χ1v) is 9.87. The first-order chi connectivity index (χ1) is 11.4. The number of benzene rings is 1. The van der Waals surface area contributed by atoms with Crippen LogP contribution in [0.3, 0.4) is 0 Å². The average Bonchev–Trinajstić information content (AvgIpc) is 3.11. The van der Waals surface area contributed by atoms with Crippen molar-refractivity contribution in [3.05, 3.63) is 41.7 Å². The normalized spacial score (nSPS) is 19.3. The van der Waals surface area contributed by atoms with Gasteiger partial charge in [-0.1, -0.05) is 30.3 Å². The highest BCUT2D eigenvalue weighted by Crippen LogP contribution is 2.22. The van der Waals surface area contributed by atoms with Gasteiger partial charge in [0.1, 0.15) is 11.5 Å². The van der Waals surface area contributed by atoms with Crippen LogP contribution < -0.4 is 0 Å². The number of amides is 1. The third kappa shape index (κ3) is 3.21. The summed E-state index contributed by atoms with van der Waals surface area (Å²) < 4.78 is 23.4. The van der Waals surface area contributed by atoms with Gasteiger partial charge in [0.25, 0.3) is 5.91 Å². The zero-order chi connectivity index (χ0) is 17.3. The van der Waals surface area contributed by atoms with Gasteiger partial charge in [-0.05, 0) is 20.3 Å². The minimum absolute atomic E-state index is 0.0432. The fraction of sp³-hybridized carbons (Fsp3) is 0.412. The second-order valence-corrected chi connectivity index (χ2v) is 8.30. The van der Waals surface area contributed by atoms with E-state index in [2.05, 4.69) is 9.97 Å². The molecule has 1 N–H and O–H groups in total. The second kappa shape index (κ2) is 6.39. The van der Waals surface area contributed by atoms with Crippen molar-refractivity contribution >= 4 is 15.7 Å². The molecule has 0 aliphatic carbocycles. The molecule has 128 valence electrons. The molecule has 1 amide bonds. The van der Waals surface area contributed by atoms with Crippen molar-refractivity contribution in [1.29, 1.82) is 0 Å². The highest BCUT2D eigenvalue weighted by molar-refractivity contribution is 7.91. The molecule has 1 aliphatic rings. The lowest BCUT2D eigenvalue weighted by Gasteiger charge is -2.26. The lowest BCUT2D eigenvalue weighted by molar-refractivity contribution is 0.0702. The number of hydrogen-bond acceptors (Lipinski definition) is 4. The molecule has 1 aromatic carbocycles. The van der Waals surface area contributed by atoms with Gasteiger partial charge in [-0.2, -0.15) is 0 Å². The molecular formula is C17H21N3O3S. The number of aromatic amines is 1. The van der Waals surface area contributed by atoms with Crippen LogP contribution in [-0.4, -0.2) is 53.3 Å². The number of aryl methyl sites for hydroxylation is 1. The number of nitrogens with zero attached hydrogens (tertiary/aromatic N) is 2. The average molecular weight is 347 g/mol. The quantitative estimate of drug-likeness (QED) is 0.917. The number of sulfone groups is 1. The third-order valence-electron chi connectivity index (χ3n) is 4.39. The maximum Gasteiger partial charge on any atom is 0.274 e. The highest BCUT2D eigenvalue weighted by atomic mass is 32.2. The van der Waals surface area contributed by atoms with E-state index in [1.165, 1.54) is 0 Å². The van der Waals surface area contributed by atoms with Crippen molar-refractivity contribution in [2.24, 2.45) is 0 Å². The first-order valence-electron chi connectivity index (χ1n) is 8.04. The number of carbonyl (C=O) groups excluding carboxylic acids is 1. The fourth-order valence-electron chi connectivity index (χ4n) is 3.13. The summed E-state index contributed by atoms with van der Waals surface area (Å²) in [7, 11) is -3.04. The van der Waals surface area contributed by atoms with Gasteiger partial charge in [-0.3, -0.25) is 4.79 Å². The Morgan fingerprint density at radius 1 is 1.33 bits per heavy atom. The van der Waals surface area contributed by atoms with E-state index in [-0.39, 0.29) is 23.5 Å². The summed E-state index contributed by atoms with van der Waals surface area (Å²) in [5.41, 5.74) is 1.96. The van der Waals surface area contributed by atoms with Gasteiger partial charge in [0.15, 0.2) is 9.84 Å².